The minimum absolute atomic E-state index is 0.0115. The molecule has 1 heterocycles. The lowest BCUT2D eigenvalue weighted by molar-refractivity contribution is -0.137. The minimum atomic E-state index is -0.875. The SMILES string of the molecule is Cc1cc(C(=O)NC(C)(C)CCC(=O)O)ccc1-n1cncn1. The average molecular weight is 316 g/mol. The molecule has 0 aliphatic carbocycles. The molecule has 0 fully saturated rings. The molecule has 0 bridgehead atoms. The first-order valence-electron chi connectivity index (χ1n) is 7.28. The number of carboxylic acid groups (broad SMARTS) is 1. The van der Waals surface area contributed by atoms with E-state index >= 15 is 0 Å². The third-order valence-electron chi connectivity index (χ3n) is 3.54. The van der Waals surface area contributed by atoms with Gasteiger partial charge < -0.3 is 10.4 Å². The third kappa shape index (κ3) is 4.38. The number of aryl methyl sites for hydroxylation is 1. The lowest BCUT2D eigenvalue weighted by atomic mass is 9.97. The number of carboxylic acids is 1. The van der Waals surface area contributed by atoms with Crippen LogP contribution < -0.4 is 5.32 Å². The van der Waals surface area contributed by atoms with Gasteiger partial charge in [0.1, 0.15) is 12.7 Å². The molecular weight excluding hydrogens is 296 g/mol. The van der Waals surface area contributed by atoms with Gasteiger partial charge in [-0.25, -0.2) is 9.67 Å². The highest BCUT2D eigenvalue weighted by Gasteiger charge is 2.22. The van der Waals surface area contributed by atoms with Crippen LogP contribution in [0, 0.1) is 6.92 Å². The Bertz CT molecular complexity index is 708. The van der Waals surface area contributed by atoms with Crippen LogP contribution in [-0.4, -0.2) is 37.3 Å². The van der Waals surface area contributed by atoms with E-state index in [-0.39, 0.29) is 12.3 Å². The van der Waals surface area contributed by atoms with Crippen molar-refractivity contribution in [2.24, 2.45) is 0 Å². The van der Waals surface area contributed by atoms with Gasteiger partial charge in [-0.1, -0.05) is 0 Å². The van der Waals surface area contributed by atoms with Crippen molar-refractivity contribution in [3.05, 3.63) is 42.0 Å². The number of carbonyl (C=O) groups excluding carboxylic acids is 1. The molecule has 1 aromatic carbocycles. The lowest BCUT2D eigenvalue weighted by Gasteiger charge is -2.25. The predicted octanol–water partition coefficient (Wildman–Crippen LogP) is 1.95. The van der Waals surface area contributed by atoms with E-state index in [2.05, 4.69) is 15.4 Å². The molecule has 0 aliphatic rings. The molecule has 0 spiro atoms. The van der Waals surface area contributed by atoms with Gasteiger partial charge in [0.2, 0.25) is 0 Å². The monoisotopic (exact) mass is 316 g/mol. The Hall–Kier alpha value is -2.70. The molecule has 1 aromatic heterocycles. The van der Waals surface area contributed by atoms with E-state index in [0.29, 0.717) is 12.0 Å². The fourth-order valence-corrected chi connectivity index (χ4v) is 2.25. The van der Waals surface area contributed by atoms with E-state index in [1.165, 1.54) is 6.33 Å². The topological polar surface area (TPSA) is 97.1 Å². The lowest BCUT2D eigenvalue weighted by Crippen LogP contribution is -2.43. The molecule has 0 atom stereocenters. The normalized spacial score (nSPS) is 11.3. The molecule has 2 aromatic rings. The summed E-state index contributed by atoms with van der Waals surface area (Å²) in [6.07, 6.45) is 3.42. The summed E-state index contributed by atoms with van der Waals surface area (Å²) in [5.41, 5.74) is 1.68. The van der Waals surface area contributed by atoms with Crippen LogP contribution in [0.4, 0.5) is 0 Å². The van der Waals surface area contributed by atoms with Gasteiger partial charge in [-0.05, 0) is 51.0 Å². The summed E-state index contributed by atoms with van der Waals surface area (Å²) < 4.78 is 1.63. The van der Waals surface area contributed by atoms with Gasteiger partial charge in [0.25, 0.3) is 5.91 Å². The Labute approximate surface area is 134 Å². The number of amides is 1. The molecule has 0 saturated heterocycles. The van der Waals surface area contributed by atoms with Gasteiger partial charge >= 0.3 is 5.97 Å². The highest BCUT2D eigenvalue weighted by Crippen LogP contribution is 2.17. The third-order valence-corrected chi connectivity index (χ3v) is 3.54. The van der Waals surface area contributed by atoms with Crippen molar-refractivity contribution in [3.63, 3.8) is 0 Å². The fourth-order valence-electron chi connectivity index (χ4n) is 2.25. The maximum absolute atomic E-state index is 12.4. The van der Waals surface area contributed by atoms with E-state index in [1.54, 1.807) is 23.1 Å². The molecule has 7 heteroatoms. The Kier molecular flexibility index (Phi) is 4.78. The van der Waals surface area contributed by atoms with Crippen LogP contribution in [0.1, 0.15) is 42.6 Å². The summed E-state index contributed by atoms with van der Waals surface area (Å²) in [6, 6.07) is 5.30. The number of nitrogens with one attached hydrogen (secondary N) is 1. The van der Waals surface area contributed by atoms with Gasteiger partial charge in [0.15, 0.2) is 0 Å². The maximum atomic E-state index is 12.4. The number of hydrogen-bond acceptors (Lipinski definition) is 4. The quantitative estimate of drug-likeness (QED) is 0.849. The van der Waals surface area contributed by atoms with E-state index in [1.807, 2.05) is 26.8 Å². The summed E-state index contributed by atoms with van der Waals surface area (Å²) in [4.78, 5) is 26.9. The van der Waals surface area contributed by atoms with E-state index < -0.39 is 11.5 Å². The minimum Gasteiger partial charge on any atom is -0.481 e. The van der Waals surface area contributed by atoms with Crippen LogP contribution in [0.2, 0.25) is 0 Å². The molecule has 122 valence electrons. The van der Waals surface area contributed by atoms with Crippen molar-refractivity contribution in [1.82, 2.24) is 20.1 Å². The molecule has 7 nitrogen and oxygen atoms in total. The van der Waals surface area contributed by atoms with Crippen LogP contribution in [0.5, 0.6) is 0 Å². The van der Waals surface area contributed by atoms with Gasteiger partial charge in [-0.15, -0.1) is 0 Å². The molecule has 23 heavy (non-hydrogen) atoms. The van der Waals surface area contributed by atoms with Crippen LogP contribution in [0.15, 0.2) is 30.9 Å². The molecule has 2 rings (SSSR count). The van der Waals surface area contributed by atoms with Crippen molar-refractivity contribution in [2.75, 3.05) is 0 Å². The standard InChI is InChI=1S/C16H20N4O3/c1-11-8-12(4-5-13(11)20-10-17-9-18-20)15(23)19-16(2,3)7-6-14(21)22/h4-5,8-10H,6-7H2,1-3H3,(H,19,23)(H,21,22). The summed E-state index contributed by atoms with van der Waals surface area (Å²) in [5.74, 6) is -1.10. The van der Waals surface area contributed by atoms with Crippen molar-refractivity contribution in [3.8, 4) is 5.69 Å². The van der Waals surface area contributed by atoms with Crippen molar-refractivity contribution in [2.45, 2.75) is 39.2 Å². The average Bonchev–Trinajstić information content (AvgIpc) is 2.98. The second kappa shape index (κ2) is 6.60. The number of hydrogen-bond donors (Lipinski definition) is 2. The summed E-state index contributed by atoms with van der Waals surface area (Å²) >= 11 is 0. The number of carbonyl (C=O) groups is 2. The Balaban J connectivity index is 2.11. The number of benzene rings is 1. The van der Waals surface area contributed by atoms with Crippen molar-refractivity contribution < 1.29 is 14.7 Å². The molecule has 0 aliphatic heterocycles. The number of nitrogens with zero attached hydrogens (tertiary/aromatic N) is 3. The van der Waals surface area contributed by atoms with E-state index in [0.717, 1.165) is 11.3 Å². The first kappa shape index (κ1) is 16.7. The zero-order valence-electron chi connectivity index (χ0n) is 13.4. The fraction of sp³-hybridized carbons (Fsp3) is 0.375. The molecule has 1 amide bonds. The van der Waals surface area contributed by atoms with E-state index in [4.69, 9.17) is 5.11 Å². The van der Waals surface area contributed by atoms with Crippen LogP contribution in [0.3, 0.4) is 0 Å². The van der Waals surface area contributed by atoms with Crippen LogP contribution >= 0.6 is 0 Å². The van der Waals surface area contributed by atoms with Gasteiger partial charge in [0, 0.05) is 17.5 Å². The first-order valence-corrected chi connectivity index (χ1v) is 7.28. The van der Waals surface area contributed by atoms with Crippen LogP contribution in [0.25, 0.3) is 5.69 Å². The Morgan fingerprint density at radius 1 is 1.35 bits per heavy atom. The Morgan fingerprint density at radius 3 is 2.65 bits per heavy atom. The smallest absolute Gasteiger partial charge is 0.303 e. The summed E-state index contributed by atoms with van der Waals surface area (Å²) in [7, 11) is 0. The number of aliphatic carboxylic acids is 1. The second-order valence-electron chi connectivity index (χ2n) is 6.07. The highest BCUT2D eigenvalue weighted by atomic mass is 16.4. The molecule has 0 saturated carbocycles. The van der Waals surface area contributed by atoms with Gasteiger partial charge in [-0.3, -0.25) is 9.59 Å². The van der Waals surface area contributed by atoms with Crippen LogP contribution in [-0.2, 0) is 4.79 Å². The molecule has 2 N–H and O–H groups in total. The largest absolute Gasteiger partial charge is 0.481 e. The second-order valence-corrected chi connectivity index (χ2v) is 6.07. The van der Waals surface area contributed by atoms with Gasteiger partial charge in [0.05, 0.1) is 5.69 Å². The molecular formula is C16H20N4O3. The predicted molar refractivity (Wildman–Crippen MR) is 84.5 cm³/mol. The maximum Gasteiger partial charge on any atom is 0.303 e. The highest BCUT2D eigenvalue weighted by molar-refractivity contribution is 5.95. The molecule has 0 radical (unpaired) electrons. The summed E-state index contributed by atoms with van der Waals surface area (Å²) in [5, 5.41) is 15.7. The summed E-state index contributed by atoms with van der Waals surface area (Å²) in [6.45, 7) is 5.51. The first-order chi connectivity index (χ1) is 10.8. The zero-order valence-corrected chi connectivity index (χ0v) is 13.4. The number of rotatable bonds is 6. The Morgan fingerprint density at radius 2 is 2.09 bits per heavy atom. The van der Waals surface area contributed by atoms with Crippen molar-refractivity contribution in [1.29, 1.82) is 0 Å². The number of aromatic nitrogens is 3. The van der Waals surface area contributed by atoms with E-state index in [9.17, 15) is 9.59 Å². The zero-order chi connectivity index (χ0) is 17.0. The molecule has 0 unspecified atom stereocenters. The van der Waals surface area contributed by atoms with Crippen molar-refractivity contribution >= 4 is 11.9 Å². The van der Waals surface area contributed by atoms with Gasteiger partial charge in [-0.2, -0.15) is 5.10 Å².